The molecule has 0 saturated carbocycles. The number of halogens is 3. The van der Waals surface area contributed by atoms with Crippen molar-refractivity contribution in [1.29, 1.82) is 0 Å². The van der Waals surface area contributed by atoms with Crippen molar-refractivity contribution >= 4 is 23.0 Å². The van der Waals surface area contributed by atoms with Gasteiger partial charge in [0.2, 0.25) is 5.91 Å². The molecule has 0 spiro atoms. The lowest BCUT2D eigenvalue weighted by atomic mass is 9.86. The minimum Gasteiger partial charge on any atom is -0.387 e. The highest BCUT2D eigenvalue weighted by atomic mass is 32.1. The molecular weight excluding hydrogens is 541 g/mol. The van der Waals surface area contributed by atoms with E-state index in [2.05, 4.69) is 50.2 Å². The summed E-state index contributed by atoms with van der Waals surface area (Å²) in [4.78, 5) is 36.9. The lowest BCUT2D eigenvalue weighted by Gasteiger charge is -2.31. The fourth-order valence-corrected chi connectivity index (χ4v) is 5.96. The molecule has 2 aromatic heterocycles. The zero-order chi connectivity index (χ0) is 28.7. The van der Waals surface area contributed by atoms with Gasteiger partial charge in [-0.05, 0) is 35.4 Å². The molecular formula is C29H31F3N4O3S. The average molecular weight is 573 g/mol. The molecule has 1 unspecified atom stereocenters. The number of likely N-dealkylation sites (tertiary alicyclic amines) is 1. The quantitative estimate of drug-likeness (QED) is 0.382. The Morgan fingerprint density at radius 1 is 1.05 bits per heavy atom. The van der Waals surface area contributed by atoms with Gasteiger partial charge in [-0.15, -0.1) is 11.3 Å². The summed E-state index contributed by atoms with van der Waals surface area (Å²) in [5, 5.41) is 7.26. The molecule has 0 N–H and O–H groups in total. The zero-order valence-electron chi connectivity index (χ0n) is 22.6. The van der Waals surface area contributed by atoms with Gasteiger partial charge in [-0.3, -0.25) is 9.59 Å². The molecule has 0 radical (unpaired) electrons. The van der Waals surface area contributed by atoms with Gasteiger partial charge >= 0.3 is 6.18 Å². The molecule has 1 aromatic carbocycles. The number of carbonyl (C=O) groups is 1. The van der Waals surface area contributed by atoms with Crippen molar-refractivity contribution in [1.82, 2.24) is 14.5 Å². The Hall–Kier alpha value is -3.47. The molecule has 0 bridgehead atoms. The van der Waals surface area contributed by atoms with Gasteiger partial charge in [0.1, 0.15) is 12.3 Å². The highest BCUT2D eigenvalue weighted by Crippen LogP contribution is 2.34. The first-order valence-electron chi connectivity index (χ1n) is 13.2. The third-order valence-electron chi connectivity index (χ3n) is 7.45. The monoisotopic (exact) mass is 572 g/mol. The molecule has 1 atom stereocenters. The molecule has 40 heavy (non-hydrogen) atoms. The Morgan fingerprint density at radius 3 is 2.38 bits per heavy atom. The normalized spacial score (nSPS) is 18.5. The van der Waals surface area contributed by atoms with E-state index in [-0.39, 0.29) is 23.3 Å². The van der Waals surface area contributed by atoms with Gasteiger partial charge in [0.25, 0.3) is 5.56 Å². The van der Waals surface area contributed by atoms with Crippen molar-refractivity contribution in [3.8, 4) is 0 Å². The first-order chi connectivity index (χ1) is 18.9. The van der Waals surface area contributed by atoms with Crippen LogP contribution in [0.25, 0.3) is 0 Å². The lowest BCUT2D eigenvalue weighted by Crippen LogP contribution is -2.41. The van der Waals surface area contributed by atoms with Crippen molar-refractivity contribution in [2.24, 2.45) is 5.16 Å². The van der Waals surface area contributed by atoms with E-state index in [4.69, 9.17) is 9.82 Å². The second-order valence-corrected chi connectivity index (χ2v) is 12.2. The molecule has 1 fully saturated rings. The zero-order valence-corrected chi connectivity index (χ0v) is 23.4. The van der Waals surface area contributed by atoms with Crippen LogP contribution in [0.4, 0.5) is 13.2 Å². The average Bonchev–Trinajstić information content (AvgIpc) is 3.59. The van der Waals surface area contributed by atoms with Gasteiger partial charge < -0.3 is 14.3 Å². The van der Waals surface area contributed by atoms with E-state index in [0.717, 1.165) is 38.7 Å². The Labute approximate surface area is 234 Å². The fraction of sp³-hybridized carbons (Fsp3) is 0.448. The molecule has 0 aliphatic carbocycles. The summed E-state index contributed by atoms with van der Waals surface area (Å²) in [6.45, 7) is 7.01. The first kappa shape index (κ1) is 28.1. The number of amides is 1. The molecule has 5 rings (SSSR count). The van der Waals surface area contributed by atoms with E-state index >= 15 is 0 Å². The number of pyridine rings is 1. The van der Waals surface area contributed by atoms with E-state index in [1.807, 2.05) is 5.38 Å². The number of thiazole rings is 1. The standard InChI is InChI=1S/C29H31F3N4O3S/c1-28(2,3)20-6-4-18(5-7-20)24-14-22(34-39-24)23-17-40-27(33-23)19-10-12-35(13-11-19)26(38)16-36-15-21(29(30,31)32)8-9-25(36)37/h4-9,15,17,19,24H,10-14,16H2,1-3H3. The van der Waals surface area contributed by atoms with Crippen molar-refractivity contribution < 1.29 is 22.8 Å². The number of oxime groups is 1. The first-order valence-corrected chi connectivity index (χ1v) is 14.1. The van der Waals surface area contributed by atoms with Crippen LogP contribution in [0, 0.1) is 0 Å². The third-order valence-corrected chi connectivity index (χ3v) is 8.46. The predicted octanol–water partition coefficient (Wildman–Crippen LogP) is 5.89. The Kier molecular flexibility index (Phi) is 7.60. The van der Waals surface area contributed by atoms with Crippen LogP contribution in [-0.4, -0.2) is 39.2 Å². The maximum absolute atomic E-state index is 13.0. The molecule has 1 amide bonds. The van der Waals surface area contributed by atoms with Gasteiger partial charge in [0.15, 0.2) is 6.10 Å². The lowest BCUT2D eigenvalue weighted by molar-refractivity contribution is -0.139. The molecule has 2 aliphatic rings. The van der Waals surface area contributed by atoms with Crippen LogP contribution in [0.1, 0.15) is 79.4 Å². The summed E-state index contributed by atoms with van der Waals surface area (Å²) in [6.07, 6.45) is -2.03. The maximum atomic E-state index is 13.0. The number of piperidine rings is 1. The SMILES string of the molecule is CC(C)(C)c1ccc(C2CC(c3csc(C4CCN(C(=O)Cn5cc(C(F)(F)F)ccc5=O)CC4)n3)=NO2)cc1. The van der Waals surface area contributed by atoms with Crippen molar-refractivity contribution in [2.75, 3.05) is 13.1 Å². The maximum Gasteiger partial charge on any atom is 0.417 e. The number of hydrogen-bond acceptors (Lipinski definition) is 6. The second-order valence-electron chi connectivity index (χ2n) is 11.3. The minimum absolute atomic E-state index is 0.0825. The summed E-state index contributed by atoms with van der Waals surface area (Å²) >= 11 is 1.56. The smallest absolute Gasteiger partial charge is 0.387 e. The Morgan fingerprint density at radius 2 is 1.73 bits per heavy atom. The highest BCUT2D eigenvalue weighted by molar-refractivity contribution is 7.10. The summed E-state index contributed by atoms with van der Waals surface area (Å²) in [6, 6.07) is 10.0. The number of carbonyl (C=O) groups excluding carboxylic acids is 1. The topological polar surface area (TPSA) is 76.8 Å². The molecule has 11 heteroatoms. The van der Waals surface area contributed by atoms with Gasteiger partial charge in [0, 0.05) is 43.1 Å². The van der Waals surface area contributed by atoms with Gasteiger partial charge in [0.05, 0.1) is 16.3 Å². The Bertz CT molecular complexity index is 1460. The Balaban J connectivity index is 1.15. The van der Waals surface area contributed by atoms with E-state index < -0.39 is 23.8 Å². The largest absolute Gasteiger partial charge is 0.417 e. The molecule has 7 nitrogen and oxygen atoms in total. The van der Waals surface area contributed by atoms with Crippen LogP contribution < -0.4 is 5.56 Å². The summed E-state index contributed by atoms with van der Waals surface area (Å²) in [5.41, 5.74) is 2.43. The van der Waals surface area contributed by atoms with Gasteiger partial charge in [-0.25, -0.2) is 4.98 Å². The van der Waals surface area contributed by atoms with E-state index in [0.29, 0.717) is 38.5 Å². The number of hydrogen-bond donors (Lipinski definition) is 0. The van der Waals surface area contributed by atoms with Crippen molar-refractivity contribution in [2.45, 2.75) is 70.2 Å². The number of rotatable bonds is 5. The molecule has 1 saturated heterocycles. The highest BCUT2D eigenvalue weighted by Gasteiger charge is 2.32. The second kappa shape index (κ2) is 10.8. The van der Waals surface area contributed by atoms with Crippen LogP contribution in [0.3, 0.4) is 0 Å². The molecule has 2 aliphatic heterocycles. The third kappa shape index (κ3) is 6.14. The van der Waals surface area contributed by atoms with Gasteiger partial charge in [-0.2, -0.15) is 13.2 Å². The van der Waals surface area contributed by atoms with Crippen molar-refractivity contribution in [3.05, 3.63) is 85.7 Å². The number of alkyl halides is 3. The fourth-order valence-electron chi connectivity index (χ4n) is 4.96. The van der Waals surface area contributed by atoms with Crippen LogP contribution in [0.15, 0.2) is 57.9 Å². The van der Waals surface area contributed by atoms with E-state index in [9.17, 15) is 22.8 Å². The van der Waals surface area contributed by atoms with E-state index in [1.54, 1.807) is 16.2 Å². The summed E-state index contributed by atoms with van der Waals surface area (Å²) < 4.78 is 39.9. The van der Waals surface area contributed by atoms with Crippen LogP contribution in [0.2, 0.25) is 0 Å². The van der Waals surface area contributed by atoms with Crippen LogP contribution >= 0.6 is 11.3 Å². The van der Waals surface area contributed by atoms with Crippen LogP contribution in [-0.2, 0) is 27.8 Å². The molecule has 3 aromatic rings. The van der Waals surface area contributed by atoms with Crippen molar-refractivity contribution in [3.63, 3.8) is 0 Å². The number of nitrogens with zero attached hydrogens (tertiary/aromatic N) is 4. The van der Waals surface area contributed by atoms with E-state index in [1.165, 1.54) is 5.56 Å². The molecule has 212 valence electrons. The molecule has 4 heterocycles. The van der Waals surface area contributed by atoms with Gasteiger partial charge in [-0.1, -0.05) is 50.2 Å². The number of benzene rings is 1. The van der Waals surface area contributed by atoms with Crippen LogP contribution in [0.5, 0.6) is 0 Å². The summed E-state index contributed by atoms with van der Waals surface area (Å²) in [5.74, 6) is -0.207. The minimum atomic E-state index is -4.59. The predicted molar refractivity (Wildman–Crippen MR) is 146 cm³/mol. The number of aromatic nitrogens is 2. The summed E-state index contributed by atoms with van der Waals surface area (Å²) in [7, 11) is 0.